The lowest BCUT2D eigenvalue weighted by atomic mass is 9.95. The largest absolute Gasteiger partial charge is 0.255 e. The van der Waals surface area contributed by atoms with Gasteiger partial charge in [0.25, 0.3) is 0 Å². The highest BCUT2D eigenvalue weighted by Crippen LogP contribution is 2.41. The minimum Gasteiger partial charge on any atom is -0.255 e. The van der Waals surface area contributed by atoms with Crippen molar-refractivity contribution in [2.24, 2.45) is 4.99 Å². The van der Waals surface area contributed by atoms with Gasteiger partial charge in [0.05, 0.1) is 5.69 Å². The molecule has 0 aromatic heterocycles. The second kappa shape index (κ2) is 9.09. The Morgan fingerprint density at radius 1 is 0.529 bits per heavy atom. The molecule has 0 spiro atoms. The van der Waals surface area contributed by atoms with Gasteiger partial charge in [0.1, 0.15) is 0 Å². The zero-order valence-corrected chi connectivity index (χ0v) is 20.7. The van der Waals surface area contributed by atoms with Crippen LogP contribution >= 0.6 is 27.7 Å². The van der Waals surface area contributed by atoms with E-state index in [1.165, 1.54) is 48.7 Å². The number of hydrogen-bond acceptors (Lipinski definition) is 2. The summed E-state index contributed by atoms with van der Waals surface area (Å²) in [4.78, 5) is 7.21. The van der Waals surface area contributed by atoms with Crippen LogP contribution in [-0.4, -0.2) is 6.21 Å². The maximum absolute atomic E-state index is 4.79. The quantitative estimate of drug-likeness (QED) is 0.227. The highest BCUT2D eigenvalue weighted by atomic mass is 79.9. The van der Waals surface area contributed by atoms with E-state index in [4.69, 9.17) is 4.99 Å². The van der Waals surface area contributed by atoms with Crippen molar-refractivity contribution >= 4 is 39.6 Å². The molecule has 34 heavy (non-hydrogen) atoms. The predicted molar refractivity (Wildman–Crippen MR) is 148 cm³/mol. The molecule has 0 bridgehead atoms. The van der Waals surface area contributed by atoms with Gasteiger partial charge in [-0.25, -0.2) is 0 Å². The number of benzene rings is 5. The Hall–Kier alpha value is -3.40. The lowest BCUT2D eigenvalue weighted by Gasteiger charge is -2.12. The summed E-state index contributed by atoms with van der Waals surface area (Å²) in [6.07, 6.45) is 2.02. The average Bonchev–Trinajstić information content (AvgIpc) is 3.09. The van der Waals surface area contributed by atoms with Crippen molar-refractivity contribution in [1.82, 2.24) is 0 Å². The van der Waals surface area contributed by atoms with Crippen LogP contribution in [0.5, 0.6) is 0 Å². The molecule has 1 aliphatic heterocycles. The van der Waals surface area contributed by atoms with Crippen LogP contribution in [0.25, 0.3) is 33.4 Å². The van der Waals surface area contributed by atoms with E-state index in [0.29, 0.717) is 0 Å². The summed E-state index contributed by atoms with van der Waals surface area (Å²) < 4.78 is 1.09. The third-order valence-corrected chi connectivity index (χ3v) is 7.72. The molecule has 5 aromatic rings. The number of fused-ring (bicyclic) bond motifs is 2. The van der Waals surface area contributed by atoms with Gasteiger partial charge in [-0.05, 0) is 69.8 Å². The van der Waals surface area contributed by atoms with E-state index in [9.17, 15) is 0 Å². The number of aliphatic imine (C=N–C) groups is 1. The topological polar surface area (TPSA) is 12.4 Å². The van der Waals surface area contributed by atoms with Gasteiger partial charge in [-0.15, -0.1) is 0 Å². The number of nitrogens with zero attached hydrogens (tertiary/aromatic N) is 1. The molecule has 0 saturated carbocycles. The van der Waals surface area contributed by atoms with Crippen LogP contribution in [0.1, 0.15) is 5.56 Å². The van der Waals surface area contributed by atoms with E-state index < -0.39 is 0 Å². The zero-order valence-electron chi connectivity index (χ0n) is 18.3. The molecule has 162 valence electrons. The Morgan fingerprint density at radius 3 is 1.94 bits per heavy atom. The Bertz CT molecular complexity index is 1520. The van der Waals surface area contributed by atoms with Crippen LogP contribution in [0.3, 0.4) is 0 Å². The minimum absolute atomic E-state index is 1.02. The van der Waals surface area contributed by atoms with Gasteiger partial charge < -0.3 is 0 Å². The van der Waals surface area contributed by atoms with Crippen molar-refractivity contribution < 1.29 is 0 Å². The first-order chi connectivity index (χ1) is 16.7. The van der Waals surface area contributed by atoms with Gasteiger partial charge in [-0.3, -0.25) is 4.99 Å². The fraction of sp³-hybridized carbons (Fsp3) is 0. The summed E-state index contributed by atoms with van der Waals surface area (Å²) in [5.74, 6) is 0. The number of halogens is 1. The Labute approximate surface area is 212 Å². The van der Waals surface area contributed by atoms with E-state index in [1.807, 2.05) is 12.3 Å². The SMILES string of the molecule is Brc1ccc(-c2ccc(-c3cccc(-c4cccc5c4C=Nc4ccccc4S5)c3)cc2)cc1. The molecule has 1 aliphatic rings. The van der Waals surface area contributed by atoms with E-state index in [1.54, 1.807) is 11.8 Å². The second-order valence-corrected chi connectivity index (χ2v) is 10.2. The van der Waals surface area contributed by atoms with Crippen LogP contribution in [-0.2, 0) is 0 Å². The highest BCUT2D eigenvalue weighted by molar-refractivity contribution is 9.10. The van der Waals surface area contributed by atoms with Crippen LogP contribution in [0.2, 0.25) is 0 Å². The van der Waals surface area contributed by atoms with Gasteiger partial charge >= 0.3 is 0 Å². The minimum atomic E-state index is 1.02. The first-order valence-electron chi connectivity index (χ1n) is 11.2. The van der Waals surface area contributed by atoms with Crippen molar-refractivity contribution in [3.05, 3.63) is 125 Å². The molecule has 0 atom stereocenters. The lowest BCUT2D eigenvalue weighted by molar-refractivity contribution is 1.38. The van der Waals surface area contributed by atoms with Crippen molar-refractivity contribution in [2.45, 2.75) is 9.79 Å². The van der Waals surface area contributed by atoms with Crippen LogP contribution in [0.15, 0.2) is 135 Å². The molecule has 0 N–H and O–H groups in total. The molecule has 3 heteroatoms. The van der Waals surface area contributed by atoms with Gasteiger partial charge in [0, 0.05) is 26.0 Å². The molecule has 0 radical (unpaired) electrons. The molecule has 0 unspecified atom stereocenters. The van der Waals surface area contributed by atoms with E-state index in [-0.39, 0.29) is 0 Å². The van der Waals surface area contributed by atoms with E-state index in [2.05, 4.69) is 125 Å². The Balaban J connectivity index is 1.36. The Kier molecular flexibility index (Phi) is 5.66. The van der Waals surface area contributed by atoms with Gasteiger partial charge in [-0.2, -0.15) is 0 Å². The lowest BCUT2D eigenvalue weighted by Crippen LogP contribution is -1.91. The molecular formula is C31H20BrNS. The average molecular weight is 518 g/mol. The molecule has 0 amide bonds. The molecule has 6 rings (SSSR count). The van der Waals surface area contributed by atoms with Gasteiger partial charge in [0.15, 0.2) is 0 Å². The third-order valence-electron chi connectivity index (χ3n) is 6.05. The fourth-order valence-electron chi connectivity index (χ4n) is 4.28. The third kappa shape index (κ3) is 4.13. The van der Waals surface area contributed by atoms with Crippen LogP contribution in [0, 0.1) is 0 Å². The monoisotopic (exact) mass is 517 g/mol. The van der Waals surface area contributed by atoms with Crippen molar-refractivity contribution in [3.63, 3.8) is 0 Å². The normalized spacial score (nSPS) is 12.0. The Morgan fingerprint density at radius 2 is 1.15 bits per heavy atom. The summed E-state index contributed by atoms with van der Waals surface area (Å²) in [7, 11) is 0. The van der Waals surface area contributed by atoms with E-state index >= 15 is 0 Å². The van der Waals surface area contributed by atoms with Crippen LogP contribution < -0.4 is 0 Å². The highest BCUT2D eigenvalue weighted by Gasteiger charge is 2.15. The maximum Gasteiger partial charge on any atom is 0.0769 e. The first-order valence-corrected chi connectivity index (χ1v) is 12.8. The second-order valence-electron chi connectivity index (χ2n) is 8.21. The number of rotatable bonds is 3. The molecule has 5 aromatic carbocycles. The van der Waals surface area contributed by atoms with E-state index in [0.717, 1.165) is 10.2 Å². The standard InChI is InChI=1S/C31H20BrNS/c32-26-17-15-22(16-18-26)21-11-13-23(14-12-21)24-5-3-6-25(19-24)27-7-4-10-30-28(27)20-33-29-8-1-2-9-31(29)34-30/h1-20H. The summed E-state index contributed by atoms with van der Waals surface area (Å²) in [5, 5.41) is 0. The van der Waals surface area contributed by atoms with Gasteiger partial charge in [-0.1, -0.05) is 107 Å². The molecule has 0 aliphatic carbocycles. The summed E-state index contributed by atoms with van der Waals surface area (Å²) in [5.41, 5.74) is 9.45. The molecular weight excluding hydrogens is 498 g/mol. The molecule has 0 saturated heterocycles. The molecule has 1 nitrogen and oxygen atoms in total. The van der Waals surface area contributed by atoms with Crippen molar-refractivity contribution in [1.29, 1.82) is 0 Å². The number of para-hydroxylation sites is 1. The zero-order chi connectivity index (χ0) is 22.9. The summed E-state index contributed by atoms with van der Waals surface area (Å²) in [6, 6.07) is 40.9. The molecule has 0 fully saturated rings. The fourth-order valence-corrected chi connectivity index (χ4v) is 5.58. The van der Waals surface area contributed by atoms with Crippen LogP contribution in [0.4, 0.5) is 5.69 Å². The van der Waals surface area contributed by atoms with Crippen molar-refractivity contribution in [3.8, 4) is 33.4 Å². The summed E-state index contributed by atoms with van der Waals surface area (Å²) in [6.45, 7) is 0. The smallest absolute Gasteiger partial charge is 0.0769 e. The molecule has 1 heterocycles. The van der Waals surface area contributed by atoms with Gasteiger partial charge in [0.2, 0.25) is 0 Å². The predicted octanol–water partition coefficient (Wildman–Crippen LogP) is 9.67. The maximum atomic E-state index is 4.79. The summed E-state index contributed by atoms with van der Waals surface area (Å²) >= 11 is 5.30. The first kappa shape index (κ1) is 21.2. The van der Waals surface area contributed by atoms with Crippen molar-refractivity contribution in [2.75, 3.05) is 0 Å². The number of hydrogen-bond donors (Lipinski definition) is 0.